The molecule has 0 radical (unpaired) electrons. The summed E-state index contributed by atoms with van der Waals surface area (Å²) in [4.78, 5) is 0.0716. The van der Waals surface area contributed by atoms with E-state index in [9.17, 15) is 8.42 Å². The molecule has 21 heavy (non-hydrogen) atoms. The number of anilines is 1. The quantitative estimate of drug-likeness (QED) is 0.703. The van der Waals surface area contributed by atoms with E-state index in [1.165, 1.54) is 0 Å². The van der Waals surface area contributed by atoms with Crippen LogP contribution in [0.3, 0.4) is 0 Å². The number of hydrogen-bond donors (Lipinski definition) is 2. The molecule has 0 bridgehead atoms. The molecule has 0 amide bonds. The first-order valence-corrected chi connectivity index (χ1v) is 9.46. The van der Waals surface area contributed by atoms with Crippen LogP contribution in [-0.4, -0.2) is 27.7 Å². The van der Waals surface area contributed by atoms with E-state index in [-0.39, 0.29) is 28.1 Å². The fourth-order valence-electron chi connectivity index (χ4n) is 2.60. The zero-order valence-corrected chi connectivity index (χ0v) is 16.0. The highest BCUT2D eigenvalue weighted by atomic mass is 79.9. The van der Waals surface area contributed by atoms with Gasteiger partial charge in [-0.05, 0) is 34.5 Å². The summed E-state index contributed by atoms with van der Waals surface area (Å²) in [6, 6.07) is 3.06. The maximum atomic E-state index is 12.6. The number of hydrogen-bond acceptors (Lipinski definition) is 4. The van der Waals surface area contributed by atoms with Gasteiger partial charge in [0.2, 0.25) is 10.0 Å². The Labute approximate surface area is 141 Å². The van der Waals surface area contributed by atoms with Crippen LogP contribution in [0, 0.1) is 5.41 Å². The lowest BCUT2D eigenvalue weighted by Gasteiger charge is -2.51. The number of sulfonamides is 1. The summed E-state index contributed by atoms with van der Waals surface area (Å²) in [5, 5.41) is 0. The van der Waals surface area contributed by atoms with Crippen molar-refractivity contribution >= 4 is 47.6 Å². The van der Waals surface area contributed by atoms with Gasteiger partial charge in [-0.1, -0.05) is 29.8 Å². The van der Waals surface area contributed by atoms with Crippen molar-refractivity contribution in [2.75, 3.05) is 12.8 Å². The molecule has 1 aliphatic rings. The normalized spacial score (nSPS) is 24.6. The Morgan fingerprint density at radius 3 is 2.48 bits per heavy atom. The van der Waals surface area contributed by atoms with Crippen LogP contribution in [0.25, 0.3) is 0 Å². The predicted octanol–water partition coefficient (Wildman–Crippen LogP) is 2.89. The molecule has 0 aromatic heterocycles. The molecule has 1 aromatic rings. The molecule has 1 saturated carbocycles. The highest BCUT2D eigenvalue weighted by Crippen LogP contribution is 2.43. The van der Waals surface area contributed by atoms with Crippen LogP contribution in [0.1, 0.15) is 20.3 Å². The topological polar surface area (TPSA) is 81.4 Å². The first-order valence-electron chi connectivity index (χ1n) is 6.39. The summed E-state index contributed by atoms with van der Waals surface area (Å²) >= 11 is 6.55. The van der Waals surface area contributed by atoms with Gasteiger partial charge in [-0.2, -0.15) is 0 Å². The highest BCUT2D eigenvalue weighted by Gasteiger charge is 2.50. The number of nitrogens with two attached hydrogens (primary N) is 1. The Balaban J connectivity index is 2.29. The van der Waals surface area contributed by atoms with E-state index < -0.39 is 10.0 Å². The smallest absolute Gasteiger partial charge is 0.244 e. The third-order valence-corrected chi connectivity index (χ3v) is 7.00. The lowest BCUT2D eigenvalue weighted by Crippen LogP contribution is -2.61. The summed E-state index contributed by atoms with van der Waals surface area (Å²) in [5.74, 6) is 0. The molecule has 0 heterocycles. The van der Waals surface area contributed by atoms with Crippen LogP contribution < -0.4 is 10.5 Å². The molecular weight excluding hydrogens is 424 g/mol. The van der Waals surface area contributed by atoms with Crippen molar-refractivity contribution in [2.24, 2.45) is 5.41 Å². The van der Waals surface area contributed by atoms with E-state index in [0.29, 0.717) is 15.4 Å². The molecule has 1 fully saturated rings. The number of rotatable bonds is 4. The Bertz CT molecular complexity index is 638. The second kappa shape index (κ2) is 5.81. The molecule has 0 spiro atoms. The van der Waals surface area contributed by atoms with Gasteiger partial charge in [0.05, 0.1) is 11.8 Å². The molecule has 0 saturated heterocycles. The molecule has 118 valence electrons. The number of methoxy groups -OCH3 is 1. The number of halogens is 2. The van der Waals surface area contributed by atoms with Crippen molar-refractivity contribution < 1.29 is 13.2 Å². The largest absolute Gasteiger partial charge is 0.398 e. The average molecular weight is 442 g/mol. The number of benzene rings is 1. The van der Waals surface area contributed by atoms with Gasteiger partial charge in [0.25, 0.3) is 0 Å². The van der Waals surface area contributed by atoms with Crippen molar-refractivity contribution in [2.45, 2.75) is 37.3 Å². The summed E-state index contributed by atoms with van der Waals surface area (Å²) in [7, 11) is -2.06. The lowest BCUT2D eigenvalue weighted by atomic mass is 9.65. The van der Waals surface area contributed by atoms with Crippen LogP contribution in [0.4, 0.5) is 5.69 Å². The molecule has 5 nitrogen and oxygen atoms in total. The van der Waals surface area contributed by atoms with Gasteiger partial charge >= 0.3 is 0 Å². The molecule has 2 rings (SSSR count). The standard InChI is InChI=1S/C13H18Br2N2O3S/c1-13(2)10(6-11(13)20-3)17-21(18,19)12-8(15)4-7(14)5-9(12)16/h4-5,10-11,17H,6,16H2,1-3H3. The summed E-state index contributed by atoms with van der Waals surface area (Å²) in [6.45, 7) is 3.97. The van der Waals surface area contributed by atoms with E-state index in [1.54, 1.807) is 19.2 Å². The predicted molar refractivity (Wildman–Crippen MR) is 89.6 cm³/mol. The fourth-order valence-corrected chi connectivity index (χ4v) is 6.07. The lowest BCUT2D eigenvalue weighted by molar-refractivity contribution is -0.0908. The van der Waals surface area contributed by atoms with Crippen LogP contribution in [0.15, 0.2) is 26.0 Å². The van der Waals surface area contributed by atoms with Crippen molar-refractivity contribution in [1.82, 2.24) is 4.72 Å². The van der Waals surface area contributed by atoms with Crippen molar-refractivity contribution in [3.63, 3.8) is 0 Å². The molecule has 2 unspecified atom stereocenters. The Hall–Kier alpha value is -0.150. The van der Waals surface area contributed by atoms with Crippen molar-refractivity contribution in [1.29, 1.82) is 0 Å². The number of nitrogens with one attached hydrogen (secondary N) is 1. The first-order chi connectivity index (χ1) is 9.59. The molecule has 1 aliphatic carbocycles. The van der Waals surface area contributed by atoms with Gasteiger partial charge in [0.15, 0.2) is 0 Å². The van der Waals surface area contributed by atoms with E-state index in [1.807, 2.05) is 13.8 Å². The van der Waals surface area contributed by atoms with Crippen LogP contribution in [-0.2, 0) is 14.8 Å². The SMILES string of the molecule is COC1CC(NS(=O)(=O)c2c(N)cc(Br)cc2Br)C1(C)C. The van der Waals surface area contributed by atoms with E-state index in [4.69, 9.17) is 10.5 Å². The summed E-state index contributed by atoms with van der Waals surface area (Å²) in [6.07, 6.45) is 0.701. The molecule has 0 aliphatic heterocycles. The van der Waals surface area contributed by atoms with Gasteiger partial charge in [0.1, 0.15) is 4.90 Å². The number of nitrogen functional groups attached to an aromatic ring is 1. The minimum atomic E-state index is -3.70. The second-order valence-electron chi connectivity index (χ2n) is 5.76. The summed E-state index contributed by atoms with van der Waals surface area (Å²) in [5.41, 5.74) is 5.81. The second-order valence-corrected chi connectivity index (χ2v) is 9.18. The minimum absolute atomic E-state index is 0.0518. The highest BCUT2D eigenvalue weighted by molar-refractivity contribution is 9.11. The Morgan fingerprint density at radius 2 is 2.00 bits per heavy atom. The van der Waals surface area contributed by atoms with Crippen LogP contribution in [0.5, 0.6) is 0 Å². The molecule has 8 heteroatoms. The Kier molecular flexibility index (Phi) is 4.76. The Morgan fingerprint density at radius 1 is 1.38 bits per heavy atom. The molecular formula is C13H18Br2N2O3S. The van der Waals surface area contributed by atoms with Crippen molar-refractivity contribution in [3.8, 4) is 0 Å². The first kappa shape index (κ1) is 17.2. The van der Waals surface area contributed by atoms with Crippen molar-refractivity contribution in [3.05, 3.63) is 21.1 Å². The third kappa shape index (κ3) is 3.14. The van der Waals surface area contributed by atoms with Gasteiger partial charge in [-0.25, -0.2) is 13.1 Å². The summed E-state index contributed by atoms with van der Waals surface area (Å²) < 4.78 is 34.4. The van der Waals surface area contributed by atoms with Gasteiger partial charge in [-0.3, -0.25) is 0 Å². The monoisotopic (exact) mass is 440 g/mol. The van der Waals surface area contributed by atoms with Gasteiger partial charge < -0.3 is 10.5 Å². The van der Waals surface area contributed by atoms with E-state index in [2.05, 4.69) is 36.6 Å². The maximum Gasteiger partial charge on any atom is 0.244 e. The van der Waals surface area contributed by atoms with E-state index in [0.717, 1.165) is 0 Å². The molecule has 1 aromatic carbocycles. The fraction of sp³-hybridized carbons (Fsp3) is 0.538. The third-order valence-electron chi connectivity index (χ3n) is 4.07. The zero-order chi connectivity index (χ0) is 16.0. The van der Waals surface area contributed by atoms with Crippen LogP contribution >= 0.6 is 31.9 Å². The van der Waals surface area contributed by atoms with E-state index >= 15 is 0 Å². The molecule has 2 atom stereocenters. The van der Waals surface area contributed by atoms with Gasteiger partial charge in [0, 0.05) is 27.5 Å². The van der Waals surface area contributed by atoms with Gasteiger partial charge in [-0.15, -0.1) is 0 Å². The maximum absolute atomic E-state index is 12.6. The minimum Gasteiger partial charge on any atom is -0.398 e. The van der Waals surface area contributed by atoms with Crippen LogP contribution in [0.2, 0.25) is 0 Å². The number of ether oxygens (including phenoxy) is 1. The molecule has 3 N–H and O–H groups in total. The average Bonchev–Trinajstić information content (AvgIpc) is 2.32. The zero-order valence-electron chi connectivity index (χ0n) is 12.0.